The fourth-order valence-corrected chi connectivity index (χ4v) is 1.79. The van der Waals surface area contributed by atoms with E-state index in [0.29, 0.717) is 12.6 Å². The largest absolute Gasteiger partial charge is 0.393 e. The standard InChI is InChI=1S/C10H20N2O3/c11-10(14)7-15-6-5-12-8-1-3-9(13)4-2-8/h8-9,12-13H,1-7H2,(H2,11,14). The van der Waals surface area contributed by atoms with Crippen LogP contribution in [0.15, 0.2) is 0 Å². The Balaban J connectivity index is 1.94. The van der Waals surface area contributed by atoms with E-state index in [-0.39, 0.29) is 12.7 Å². The van der Waals surface area contributed by atoms with Crippen LogP contribution < -0.4 is 11.1 Å². The van der Waals surface area contributed by atoms with E-state index < -0.39 is 5.91 Å². The average molecular weight is 216 g/mol. The highest BCUT2D eigenvalue weighted by atomic mass is 16.5. The van der Waals surface area contributed by atoms with Gasteiger partial charge in [-0.1, -0.05) is 0 Å². The second-order valence-corrected chi connectivity index (χ2v) is 3.98. The highest BCUT2D eigenvalue weighted by Gasteiger charge is 2.18. The molecule has 0 unspecified atom stereocenters. The monoisotopic (exact) mass is 216 g/mol. The third kappa shape index (κ3) is 5.71. The molecule has 1 aliphatic carbocycles. The maximum Gasteiger partial charge on any atom is 0.243 e. The van der Waals surface area contributed by atoms with Crippen LogP contribution in [-0.2, 0) is 9.53 Å². The summed E-state index contributed by atoms with van der Waals surface area (Å²) in [5.41, 5.74) is 4.92. The summed E-state index contributed by atoms with van der Waals surface area (Å²) in [4.78, 5) is 10.3. The molecule has 0 heterocycles. The predicted molar refractivity (Wildman–Crippen MR) is 56.3 cm³/mol. The molecule has 0 radical (unpaired) electrons. The van der Waals surface area contributed by atoms with Gasteiger partial charge < -0.3 is 20.9 Å². The topological polar surface area (TPSA) is 84.6 Å². The molecule has 0 spiro atoms. The summed E-state index contributed by atoms with van der Waals surface area (Å²) in [6.07, 6.45) is 3.65. The fourth-order valence-electron chi connectivity index (χ4n) is 1.79. The zero-order valence-electron chi connectivity index (χ0n) is 8.95. The van der Waals surface area contributed by atoms with Crippen molar-refractivity contribution in [1.82, 2.24) is 5.32 Å². The Morgan fingerprint density at radius 2 is 2.07 bits per heavy atom. The van der Waals surface area contributed by atoms with Crippen molar-refractivity contribution in [3.8, 4) is 0 Å². The molecule has 0 aromatic heterocycles. The van der Waals surface area contributed by atoms with Crippen LogP contribution >= 0.6 is 0 Å². The summed E-state index contributed by atoms with van der Waals surface area (Å²) in [7, 11) is 0. The SMILES string of the molecule is NC(=O)COCCNC1CCC(O)CC1. The molecule has 1 fully saturated rings. The average Bonchev–Trinajstić information content (AvgIpc) is 2.20. The van der Waals surface area contributed by atoms with E-state index in [1.807, 2.05) is 0 Å². The third-order valence-corrected chi connectivity index (χ3v) is 2.62. The number of amides is 1. The normalized spacial score (nSPS) is 26.5. The minimum absolute atomic E-state index is 0.00887. The number of aliphatic hydroxyl groups is 1. The Labute approximate surface area is 90.0 Å². The van der Waals surface area contributed by atoms with Crippen molar-refractivity contribution in [2.24, 2.45) is 5.73 Å². The lowest BCUT2D eigenvalue weighted by molar-refractivity contribution is -0.122. The van der Waals surface area contributed by atoms with Gasteiger partial charge in [-0.15, -0.1) is 0 Å². The lowest BCUT2D eigenvalue weighted by atomic mass is 9.93. The number of carbonyl (C=O) groups excluding carboxylic acids is 1. The summed E-state index contributed by atoms with van der Waals surface area (Å²) in [6.45, 7) is 1.22. The molecule has 5 heteroatoms. The summed E-state index contributed by atoms with van der Waals surface area (Å²) in [5.74, 6) is -0.434. The van der Waals surface area contributed by atoms with Gasteiger partial charge in [0, 0.05) is 12.6 Å². The number of aliphatic hydroxyl groups excluding tert-OH is 1. The second kappa shape index (κ2) is 6.76. The molecule has 0 aromatic rings. The number of rotatable bonds is 6. The Morgan fingerprint density at radius 3 is 2.67 bits per heavy atom. The minimum atomic E-state index is -0.434. The van der Waals surface area contributed by atoms with Crippen LogP contribution in [0.25, 0.3) is 0 Å². The summed E-state index contributed by atoms with van der Waals surface area (Å²) < 4.78 is 5.02. The minimum Gasteiger partial charge on any atom is -0.393 e. The summed E-state index contributed by atoms with van der Waals surface area (Å²) in [6, 6.07) is 0.477. The van der Waals surface area contributed by atoms with Gasteiger partial charge in [-0.2, -0.15) is 0 Å². The Hall–Kier alpha value is -0.650. The van der Waals surface area contributed by atoms with E-state index in [4.69, 9.17) is 10.5 Å². The molecule has 1 saturated carbocycles. The molecule has 0 bridgehead atoms. The predicted octanol–water partition coefficient (Wildman–Crippen LogP) is -0.619. The second-order valence-electron chi connectivity index (χ2n) is 3.98. The number of ether oxygens (including phenoxy) is 1. The molecule has 1 rings (SSSR count). The van der Waals surface area contributed by atoms with Crippen molar-refractivity contribution in [3.63, 3.8) is 0 Å². The molecule has 1 aliphatic rings. The molecule has 88 valence electrons. The smallest absolute Gasteiger partial charge is 0.243 e. The number of nitrogens with two attached hydrogens (primary N) is 1. The van der Waals surface area contributed by atoms with Gasteiger partial charge in [-0.05, 0) is 25.7 Å². The van der Waals surface area contributed by atoms with Gasteiger partial charge in [0.1, 0.15) is 6.61 Å². The van der Waals surface area contributed by atoms with E-state index in [9.17, 15) is 9.90 Å². The van der Waals surface area contributed by atoms with Crippen molar-refractivity contribution < 1.29 is 14.6 Å². The van der Waals surface area contributed by atoms with Crippen molar-refractivity contribution in [2.45, 2.75) is 37.8 Å². The van der Waals surface area contributed by atoms with Gasteiger partial charge in [0.05, 0.1) is 12.7 Å². The number of hydrogen-bond donors (Lipinski definition) is 3. The van der Waals surface area contributed by atoms with Crippen molar-refractivity contribution >= 4 is 5.91 Å². The number of primary amides is 1. The van der Waals surface area contributed by atoms with Gasteiger partial charge in [-0.25, -0.2) is 0 Å². The van der Waals surface area contributed by atoms with Crippen LogP contribution in [0.2, 0.25) is 0 Å². The van der Waals surface area contributed by atoms with Crippen LogP contribution in [-0.4, -0.2) is 42.9 Å². The first-order valence-electron chi connectivity index (χ1n) is 5.46. The number of carbonyl (C=O) groups is 1. The maximum atomic E-state index is 10.3. The first kappa shape index (κ1) is 12.4. The molecule has 0 aromatic carbocycles. The van der Waals surface area contributed by atoms with Crippen molar-refractivity contribution in [3.05, 3.63) is 0 Å². The van der Waals surface area contributed by atoms with Crippen molar-refractivity contribution in [2.75, 3.05) is 19.8 Å². The molecule has 5 nitrogen and oxygen atoms in total. The summed E-state index contributed by atoms with van der Waals surface area (Å²) in [5, 5.41) is 12.6. The highest BCUT2D eigenvalue weighted by Crippen LogP contribution is 2.17. The van der Waals surface area contributed by atoms with E-state index in [2.05, 4.69) is 5.32 Å². The third-order valence-electron chi connectivity index (χ3n) is 2.62. The van der Waals surface area contributed by atoms with Crippen LogP contribution in [0.4, 0.5) is 0 Å². The van der Waals surface area contributed by atoms with Crippen LogP contribution in [0.5, 0.6) is 0 Å². The van der Waals surface area contributed by atoms with Gasteiger partial charge >= 0.3 is 0 Å². The number of hydrogen-bond acceptors (Lipinski definition) is 4. The summed E-state index contributed by atoms with van der Waals surface area (Å²) >= 11 is 0. The molecule has 15 heavy (non-hydrogen) atoms. The van der Waals surface area contributed by atoms with Gasteiger partial charge in [-0.3, -0.25) is 4.79 Å². The fraction of sp³-hybridized carbons (Fsp3) is 0.900. The molecular weight excluding hydrogens is 196 g/mol. The first-order valence-corrected chi connectivity index (χ1v) is 5.46. The molecule has 0 atom stereocenters. The molecule has 1 amide bonds. The van der Waals surface area contributed by atoms with Crippen LogP contribution in [0.3, 0.4) is 0 Å². The molecule has 4 N–H and O–H groups in total. The van der Waals surface area contributed by atoms with Crippen LogP contribution in [0.1, 0.15) is 25.7 Å². The van der Waals surface area contributed by atoms with E-state index in [1.54, 1.807) is 0 Å². The van der Waals surface area contributed by atoms with E-state index >= 15 is 0 Å². The number of nitrogens with one attached hydrogen (secondary N) is 1. The van der Waals surface area contributed by atoms with E-state index in [0.717, 1.165) is 32.2 Å². The first-order chi connectivity index (χ1) is 7.18. The Bertz CT molecular complexity index is 191. The van der Waals surface area contributed by atoms with E-state index in [1.165, 1.54) is 0 Å². The Morgan fingerprint density at radius 1 is 1.40 bits per heavy atom. The van der Waals surface area contributed by atoms with Gasteiger partial charge in [0.25, 0.3) is 0 Å². The lowest BCUT2D eigenvalue weighted by Gasteiger charge is -2.26. The Kier molecular flexibility index (Phi) is 5.60. The lowest BCUT2D eigenvalue weighted by Crippen LogP contribution is -2.36. The quantitative estimate of drug-likeness (QED) is 0.517. The van der Waals surface area contributed by atoms with Crippen molar-refractivity contribution in [1.29, 1.82) is 0 Å². The zero-order valence-corrected chi connectivity index (χ0v) is 8.95. The zero-order chi connectivity index (χ0) is 11.1. The molecule has 0 saturated heterocycles. The van der Waals surface area contributed by atoms with Gasteiger partial charge in [0.2, 0.25) is 5.91 Å². The van der Waals surface area contributed by atoms with Gasteiger partial charge in [0.15, 0.2) is 0 Å². The molecular formula is C10H20N2O3. The highest BCUT2D eigenvalue weighted by molar-refractivity contribution is 5.74. The molecule has 0 aliphatic heterocycles. The maximum absolute atomic E-state index is 10.3. The van der Waals surface area contributed by atoms with Crippen LogP contribution in [0, 0.1) is 0 Å².